The molecule has 2 heterocycles. The van der Waals surface area contributed by atoms with E-state index >= 15 is 0 Å². The van der Waals surface area contributed by atoms with Gasteiger partial charge in [0.1, 0.15) is 6.04 Å². The quantitative estimate of drug-likeness (QED) is 0.332. The summed E-state index contributed by atoms with van der Waals surface area (Å²) in [5.74, 6) is -0.855. The zero-order chi connectivity index (χ0) is 24.2. The topological polar surface area (TPSA) is 103 Å². The van der Waals surface area contributed by atoms with Crippen molar-refractivity contribution >= 4 is 34.3 Å². The standard InChI is InChI=1S/C28H26N4O3/c33-26(15-14-25-28(35)31-24-13-7-5-11-20(24)27(34)32-25)30-16-21(18-8-2-1-3-9-18)22-17-29-23-12-6-4-10-19(22)23/h1-13,17,21,25,29H,14-16H2,(H,30,33)(H,31,35)(H,32,34)/t21-,25-/m0/s1. The summed E-state index contributed by atoms with van der Waals surface area (Å²) in [5.41, 5.74) is 4.15. The van der Waals surface area contributed by atoms with Crippen molar-refractivity contribution in [1.29, 1.82) is 0 Å². The Hall–Kier alpha value is -4.39. The van der Waals surface area contributed by atoms with Crippen LogP contribution in [-0.4, -0.2) is 35.3 Å². The van der Waals surface area contributed by atoms with Gasteiger partial charge in [0.15, 0.2) is 0 Å². The molecule has 0 fully saturated rings. The number of amides is 3. The third kappa shape index (κ3) is 4.80. The highest BCUT2D eigenvalue weighted by atomic mass is 16.2. The van der Waals surface area contributed by atoms with Gasteiger partial charge in [0.2, 0.25) is 11.8 Å². The summed E-state index contributed by atoms with van der Waals surface area (Å²) in [6.45, 7) is 0.416. The van der Waals surface area contributed by atoms with Gasteiger partial charge in [-0.05, 0) is 35.7 Å². The van der Waals surface area contributed by atoms with E-state index in [1.807, 2.05) is 42.6 Å². The SMILES string of the molecule is O=C(CC[C@@H]1NC(=O)c2ccccc2NC1=O)NC[C@@H](c1ccccc1)c1c[nH]c2ccccc12. The van der Waals surface area contributed by atoms with E-state index in [4.69, 9.17) is 0 Å². The summed E-state index contributed by atoms with van der Waals surface area (Å²) in [7, 11) is 0. The summed E-state index contributed by atoms with van der Waals surface area (Å²) in [6.07, 6.45) is 2.32. The number of carbonyl (C=O) groups is 3. The van der Waals surface area contributed by atoms with Crippen molar-refractivity contribution in [3.05, 3.63) is 102 Å². The van der Waals surface area contributed by atoms with Crippen LogP contribution >= 0.6 is 0 Å². The van der Waals surface area contributed by atoms with Crippen molar-refractivity contribution in [3.8, 4) is 0 Å². The van der Waals surface area contributed by atoms with Gasteiger partial charge in [-0.2, -0.15) is 0 Å². The predicted octanol–water partition coefficient (Wildman–Crippen LogP) is 3.95. The Balaban J connectivity index is 1.25. The van der Waals surface area contributed by atoms with Crippen molar-refractivity contribution < 1.29 is 14.4 Å². The molecule has 7 heteroatoms. The molecule has 5 rings (SSSR count). The smallest absolute Gasteiger partial charge is 0.254 e. The summed E-state index contributed by atoms with van der Waals surface area (Å²) in [5, 5.41) is 9.67. The fourth-order valence-electron chi connectivity index (χ4n) is 4.57. The van der Waals surface area contributed by atoms with Gasteiger partial charge in [-0.25, -0.2) is 0 Å². The fraction of sp³-hybridized carbons (Fsp3) is 0.179. The van der Waals surface area contributed by atoms with E-state index in [-0.39, 0.29) is 36.5 Å². The first kappa shape index (κ1) is 22.4. The number of para-hydroxylation sites is 2. The van der Waals surface area contributed by atoms with E-state index in [1.54, 1.807) is 24.3 Å². The lowest BCUT2D eigenvalue weighted by atomic mass is 9.91. The highest BCUT2D eigenvalue weighted by Gasteiger charge is 2.28. The first-order valence-corrected chi connectivity index (χ1v) is 11.7. The summed E-state index contributed by atoms with van der Waals surface area (Å²) >= 11 is 0. The molecule has 0 radical (unpaired) electrons. The van der Waals surface area contributed by atoms with Gasteiger partial charge in [-0.15, -0.1) is 0 Å². The van der Waals surface area contributed by atoms with Crippen LogP contribution in [0.1, 0.15) is 40.2 Å². The van der Waals surface area contributed by atoms with Crippen molar-refractivity contribution in [2.45, 2.75) is 24.8 Å². The second kappa shape index (κ2) is 9.85. The van der Waals surface area contributed by atoms with E-state index in [1.165, 1.54) is 0 Å². The number of carbonyl (C=O) groups excluding carboxylic acids is 3. The number of benzene rings is 3. The maximum absolute atomic E-state index is 12.8. The average Bonchev–Trinajstić information content (AvgIpc) is 3.26. The maximum atomic E-state index is 12.8. The normalized spacial score (nSPS) is 16.1. The van der Waals surface area contributed by atoms with E-state index in [0.717, 1.165) is 22.0 Å². The molecule has 0 saturated heterocycles. The second-order valence-corrected chi connectivity index (χ2v) is 8.66. The van der Waals surface area contributed by atoms with Crippen LogP contribution in [0.2, 0.25) is 0 Å². The van der Waals surface area contributed by atoms with Crippen LogP contribution in [0.25, 0.3) is 10.9 Å². The van der Waals surface area contributed by atoms with Crippen molar-refractivity contribution in [3.63, 3.8) is 0 Å². The van der Waals surface area contributed by atoms with Crippen molar-refractivity contribution in [2.75, 3.05) is 11.9 Å². The third-order valence-electron chi connectivity index (χ3n) is 6.41. The largest absolute Gasteiger partial charge is 0.361 e. The minimum atomic E-state index is -0.779. The molecule has 176 valence electrons. The zero-order valence-electron chi connectivity index (χ0n) is 19.1. The third-order valence-corrected chi connectivity index (χ3v) is 6.41. The molecule has 1 aromatic heterocycles. The van der Waals surface area contributed by atoms with Crippen LogP contribution in [0.15, 0.2) is 85.1 Å². The second-order valence-electron chi connectivity index (χ2n) is 8.66. The number of hydrogen-bond acceptors (Lipinski definition) is 3. The van der Waals surface area contributed by atoms with E-state index < -0.39 is 6.04 Å². The van der Waals surface area contributed by atoms with Gasteiger partial charge in [0.05, 0.1) is 11.3 Å². The molecule has 7 nitrogen and oxygen atoms in total. The lowest BCUT2D eigenvalue weighted by Gasteiger charge is -2.19. The molecule has 4 N–H and O–H groups in total. The zero-order valence-corrected chi connectivity index (χ0v) is 19.1. The number of hydrogen-bond donors (Lipinski definition) is 4. The molecule has 1 aliphatic heterocycles. The molecule has 0 saturated carbocycles. The van der Waals surface area contributed by atoms with Crippen molar-refractivity contribution in [1.82, 2.24) is 15.6 Å². The number of nitrogens with one attached hydrogen (secondary N) is 4. The summed E-state index contributed by atoms with van der Waals surface area (Å²) < 4.78 is 0. The molecule has 3 aromatic carbocycles. The molecular weight excluding hydrogens is 440 g/mol. The maximum Gasteiger partial charge on any atom is 0.254 e. The van der Waals surface area contributed by atoms with Crippen LogP contribution in [0.3, 0.4) is 0 Å². The number of aromatic amines is 1. The number of H-pyrrole nitrogens is 1. The first-order valence-electron chi connectivity index (χ1n) is 11.7. The Bertz CT molecular complexity index is 1380. The van der Waals surface area contributed by atoms with Gasteiger partial charge in [-0.3, -0.25) is 14.4 Å². The van der Waals surface area contributed by atoms with E-state index in [9.17, 15) is 14.4 Å². The van der Waals surface area contributed by atoms with Crippen LogP contribution in [0.5, 0.6) is 0 Å². The molecule has 0 unspecified atom stereocenters. The van der Waals surface area contributed by atoms with Gasteiger partial charge in [0, 0.05) is 36.0 Å². The first-order chi connectivity index (χ1) is 17.1. The minimum absolute atomic E-state index is 0.0355. The molecule has 2 atom stereocenters. The minimum Gasteiger partial charge on any atom is -0.361 e. The highest BCUT2D eigenvalue weighted by Crippen LogP contribution is 2.30. The summed E-state index contributed by atoms with van der Waals surface area (Å²) in [6, 6.07) is 24.2. The Labute approximate surface area is 202 Å². The average molecular weight is 467 g/mol. The molecule has 4 aromatic rings. The Morgan fingerprint density at radius 2 is 1.66 bits per heavy atom. The molecule has 0 bridgehead atoms. The van der Waals surface area contributed by atoms with Crippen molar-refractivity contribution in [2.24, 2.45) is 0 Å². The van der Waals surface area contributed by atoms with Gasteiger partial charge >= 0.3 is 0 Å². The lowest BCUT2D eigenvalue weighted by Crippen LogP contribution is -2.42. The molecule has 0 aliphatic carbocycles. The molecule has 35 heavy (non-hydrogen) atoms. The lowest BCUT2D eigenvalue weighted by molar-refractivity contribution is -0.121. The molecular formula is C28H26N4O3. The molecule has 0 spiro atoms. The number of fused-ring (bicyclic) bond motifs is 2. The van der Waals surface area contributed by atoms with Crippen LogP contribution in [0.4, 0.5) is 5.69 Å². The Morgan fingerprint density at radius 3 is 2.51 bits per heavy atom. The number of rotatable bonds is 7. The van der Waals surface area contributed by atoms with E-state index in [2.05, 4.69) is 39.1 Å². The van der Waals surface area contributed by atoms with Gasteiger partial charge in [0.25, 0.3) is 5.91 Å². The summed E-state index contributed by atoms with van der Waals surface area (Å²) in [4.78, 5) is 41.2. The van der Waals surface area contributed by atoms with Gasteiger partial charge < -0.3 is 20.9 Å². The monoisotopic (exact) mass is 466 g/mol. The Kier molecular flexibility index (Phi) is 6.30. The number of aromatic nitrogens is 1. The number of anilines is 1. The van der Waals surface area contributed by atoms with Gasteiger partial charge in [-0.1, -0.05) is 60.7 Å². The highest BCUT2D eigenvalue weighted by molar-refractivity contribution is 6.09. The molecule has 3 amide bonds. The predicted molar refractivity (Wildman–Crippen MR) is 135 cm³/mol. The molecule has 1 aliphatic rings. The van der Waals surface area contributed by atoms with Crippen LogP contribution in [-0.2, 0) is 9.59 Å². The van der Waals surface area contributed by atoms with Crippen LogP contribution < -0.4 is 16.0 Å². The van der Waals surface area contributed by atoms with E-state index in [0.29, 0.717) is 17.8 Å². The fourth-order valence-corrected chi connectivity index (χ4v) is 4.57. The Morgan fingerprint density at radius 1 is 0.914 bits per heavy atom. The van der Waals surface area contributed by atoms with Crippen LogP contribution in [0, 0.1) is 0 Å².